The van der Waals surface area contributed by atoms with Crippen molar-refractivity contribution in [1.29, 1.82) is 0 Å². The molecule has 126 valence electrons. The number of carbonyl (C=O) groups excluding carboxylic acids is 1. The molecule has 8 heteroatoms. The van der Waals surface area contributed by atoms with Gasteiger partial charge in [0, 0.05) is 12.7 Å². The molecule has 1 saturated heterocycles. The van der Waals surface area contributed by atoms with Gasteiger partial charge < -0.3 is 5.32 Å². The summed E-state index contributed by atoms with van der Waals surface area (Å²) in [4.78, 5) is 16.5. The van der Waals surface area contributed by atoms with Crippen LogP contribution in [0.2, 0.25) is 5.02 Å². The molecule has 1 amide bonds. The Labute approximate surface area is 145 Å². The number of nitrogens with zero attached hydrogens (tertiary/aromatic N) is 2. The van der Waals surface area contributed by atoms with Gasteiger partial charge in [0.15, 0.2) is 0 Å². The van der Waals surface area contributed by atoms with E-state index >= 15 is 0 Å². The molecule has 0 saturated carbocycles. The first-order valence-electron chi connectivity index (χ1n) is 7.50. The number of nitrogens with one attached hydrogen (secondary N) is 1. The van der Waals surface area contributed by atoms with Crippen LogP contribution in [0.5, 0.6) is 0 Å². The zero-order valence-corrected chi connectivity index (χ0v) is 14.3. The number of hydrogen-bond donors (Lipinski definition) is 1. The molecule has 3 rings (SSSR count). The van der Waals surface area contributed by atoms with E-state index in [2.05, 4.69) is 10.3 Å². The standard InChI is InChI=1S/C16H16ClN3O3S/c17-14-7-6-12(20-9-3-4-10-24(20,22)23)11-13(14)16(21)19-15-5-1-2-8-18-15/h1-2,5-8,11H,3-4,9-10H2,(H,18,19,21). The Bertz CT molecular complexity index is 856. The van der Waals surface area contributed by atoms with Crippen LogP contribution in [-0.2, 0) is 10.0 Å². The summed E-state index contributed by atoms with van der Waals surface area (Å²) in [5.74, 6) is 0.0787. The zero-order chi connectivity index (χ0) is 17.2. The predicted octanol–water partition coefficient (Wildman–Crippen LogP) is 2.92. The summed E-state index contributed by atoms with van der Waals surface area (Å²) in [6.07, 6.45) is 3.00. The normalized spacial score (nSPS) is 16.6. The van der Waals surface area contributed by atoms with Gasteiger partial charge in [0.2, 0.25) is 10.0 Å². The van der Waals surface area contributed by atoms with Gasteiger partial charge in [-0.25, -0.2) is 13.4 Å². The van der Waals surface area contributed by atoms with Gasteiger partial charge in [-0.15, -0.1) is 0 Å². The molecule has 1 aliphatic rings. The Morgan fingerprint density at radius 3 is 2.75 bits per heavy atom. The summed E-state index contributed by atoms with van der Waals surface area (Å²) in [5.41, 5.74) is 0.658. The van der Waals surface area contributed by atoms with E-state index in [1.165, 1.54) is 16.4 Å². The van der Waals surface area contributed by atoms with Crippen LogP contribution < -0.4 is 9.62 Å². The summed E-state index contributed by atoms with van der Waals surface area (Å²) in [6, 6.07) is 9.80. The van der Waals surface area contributed by atoms with Crippen molar-refractivity contribution >= 4 is 39.0 Å². The maximum absolute atomic E-state index is 12.4. The molecule has 0 bridgehead atoms. The highest BCUT2D eigenvalue weighted by Crippen LogP contribution is 2.28. The van der Waals surface area contributed by atoms with Crippen molar-refractivity contribution in [3.05, 3.63) is 53.2 Å². The van der Waals surface area contributed by atoms with Gasteiger partial charge >= 0.3 is 0 Å². The van der Waals surface area contributed by atoms with Crippen LogP contribution in [0.4, 0.5) is 11.5 Å². The first-order chi connectivity index (χ1) is 11.5. The minimum absolute atomic E-state index is 0.116. The monoisotopic (exact) mass is 365 g/mol. The molecule has 6 nitrogen and oxygen atoms in total. The van der Waals surface area contributed by atoms with E-state index in [-0.39, 0.29) is 16.3 Å². The molecule has 1 aromatic heterocycles. The summed E-state index contributed by atoms with van der Waals surface area (Å²) in [6.45, 7) is 0.408. The van der Waals surface area contributed by atoms with Crippen molar-refractivity contribution < 1.29 is 13.2 Å². The SMILES string of the molecule is O=C(Nc1ccccn1)c1cc(N2CCCCS2(=O)=O)ccc1Cl. The Morgan fingerprint density at radius 1 is 1.21 bits per heavy atom. The minimum Gasteiger partial charge on any atom is -0.307 e. The Hall–Kier alpha value is -2.12. The van der Waals surface area contributed by atoms with Crippen LogP contribution in [-0.4, -0.2) is 31.6 Å². The fraction of sp³-hybridized carbons (Fsp3) is 0.250. The highest BCUT2D eigenvalue weighted by atomic mass is 35.5. The lowest BCUT2D eigenvalue weighted by atomic mass is 10.1. The van der Waals surface area contributed by atoms with Crippen LogP contribution >= 0.6 is 11.6 Å². The van der Waals surface area contributed by atoms with Gasteiger partial charge in [0.05, 0.1) is 22.0 Å². The summed E-state index contributed by atoms with van der Waals surface area (Å²) < 4.78 is 25.8. The Balaban J connectivity index is 1.90. The van der Waals surface area contributed by atoms with Crippen molar-refractivity contribution in [2.24, 2.45) is 0 Å². The molecule has 0 unspecified atom stereocenters. The Morgan fingerprint density at radius 2 is 2.04 bits per heavy atom. The van der Waals surface area contributed by atoms with Gasteiger partial charge in [0.25, 0.3) is 5.91 Å². The highest BCUT2D eigenvalue weighted by molar-refractivity contribution is 7.92. The fourth-order valence-corrected chi connectivity index (χ4v) is 4.38. The second-order valence-corrected chi connectivity index (χ2v) is 7.85. The lowest BCUT2D eigenvalue weighted by molar-refractivity contribution is 0.102. The smallest absolute Gasteiger partial charge is 0.258 e. The highest BCUT2D eigenvalue weighted by Gasteiger charge is 2.27. The van der Waals surface area contributed by atoms with Crippen molar-refractivity contribution in [2.45, 2.75) is 12.8 Å². The van der Waals surface area contributed by atoms with Crippen LogP contribution in [0.25, 0.3) is 0 Å². The third-order valence-electron chi connectivity index (χ3n) is 3.74. The number of rotatable bonds is 3. The number of halogens is 1. The molecule has 1 N–H and O–H groups in total. The number of amides is 1. The van der Waals surface area contributed by atoms with Crippen LogP contribution in [0, 0.1) is 0 Å². The molecule has 2 aromatic rings. The van der Waals surface area contributed by atoms with Crippen LogP contribution in [0.3, 0.4) is 0 Å². The molecule has 1 aliphatic heterocycles. The predicted molar refractivity (Wildman–Crippen MR) is 94.0 cm³/mol. The van der Waals surface area contributed by atoms with Gasteiger partial charge in [-0.2, -0.15) is 0 Å². The van der Waals surface area contributed by atoms with Crippen LogP contribution in [0.1, 0.15) is 23.2 Å². The molecular weight excluding hydrogens is 350 g/mol. The van der Waals surface area contributed by atoms with E-state index in [9.17, 15) is 13.2 Å². The van der Waals surface area contributed by atoms with Crippen molar-refractivity contribution in [1.82, 2.24) is 4.98 Å². The first-order valence-corrected chi connectivity index (χ1v) is 9.48. The molecule has 2 heterocycles. The van der Waals surface area contributed by atoms with E-state index in [0.717, 1.165) is 6.42 Å². The maximum Gasteiger partial charge on any atom is 0.258 e. The second-order valence-electron chi connectivity index (χ2n) is 5.43. The quantitative estimate of drug-likeness (QED) is 0.906. The van der Waals surface area contributed by atoms with Gasteiger partial charge in [0.1, 0.15) is 5.82 Å². The van der Waals surface area contributed by atoms with E-state index in [1.807, 2.05) is 0 Å². The molecule has 0 spiro atoms. The second kappa shape index (κ2) is 6.78. The van der Waals surface area contributed by atoms with Gasteiger partial charge in [-0.05, 0) is 43.2 Å². The largest absolute Gasteiger partial charge is 0.307 e. The fourth-order valence-electron chi connectivity index (χ4n) is 2.54. The van der Waals surface area contributed by atoms with Gasteiger partial charge in [-0.1, -0.05) is 17.7 Å². The topological polar surface area (TPSA) is 79.4 Å². The number of anilines is 2. The number of hydrogen-bond acceptors (Lipinski definition) is 4. The van der Waals surface area contributed by atoms with Crippen LogP contribution in [0.15, 0.2) is 42.6 Å². The third kappa shape index (κ3) is 3.52. The molecule has 1 fully saturated rings. The summed E-state index contributed by atoms with van der Waals surface area (Å²) in [5, 5.41) is 2.90. The van der Waals surface area contributed by atoms with E-state index < -0.39 is 15.9 Å². The maximum atomic E-state index is 12.4. The average Bonchev–Trinajstić information content (AvgIpc) is 2.56. The van der Waals surface area contributed by atoms with E-state index in [4.69, 9.17) is 11.6 Å². The van der Waals surface area contributed by atoms with Gasteiger partial charge in [-0.3, -0.25) is 9.10 Å². The number of carbonyl (C=O) groups is 1. The molecular formula is C16H16ClN3O3S. The molecule has 24 heavy (non-hydrogen) atoms. The molecule has 1 aromatic carbocycles. The van der Waals surface area contributed by atoms with Crippen molar-refractivity contribution in [2.75, 3.05) is 21.9 Å². The summed E-state index contributed by atoms with van der Waals surface area (Å²) in [7, 11) is -3.34. The number of sulfonamides is 1. The first kappa shape index (κ1) is 16.7. The average molecular weight is 366 g/mol. The number of benzene rings is 1. The van der Waals surface area contributed by atoms with E-state index in [1.54, 1.807) is 30.5 Å². The Kier molecular flexibility index (Phi) is 4.73. The van der Waals surface area contributed by atoms with Crippen molar-refractivity contribution in [3.8, 4) is 0 Å². The summed E-state index contributed by atoms with van der Waals surface area (Å²) >= 11 is 6.12. The lowest BCUT2D eigenvalue weighted by Crippen LogP contribution is -2.38. The number of pyridine rings is 1. The lowest BCUT2D eigenvalue weighted by Gasteiger charge is -2.28. The van der Waals surface area contributed by atoms with E-state index in [0.29, 0.717) is 24.5 Å². The zero-order valence-electron chi connectivity index (χ0n) is 12.8. The molecule has 0 radical (unpaired) electrons. The number of aromatic nitrogens is 1. The third-order valence-corrected chi connectivity index (χ3v) is 5.94. The molecule has 0 atom stereocenters. The van der Waals surface area contributed by atoms with Crippen molar-refractivity contribution in [3.63, 3.8) is 0 Å². The molecule has 0 aliphatic carbocycles. The minimum atomic E-state index is -3.34.